The van der Waals surface area contributed by atoms with Crippen LogP contribution >= 0.6 is 22.9 Å². The summed E-state index contributed by atoms with van der Waals surface area (Å²) in [6.45, 7) is 2.06. The third-order valence-electron chi connectivity index (χ3n) is 3.62. The number of thiophene rings is 1. The van der Waals surface area contributed by atoms with Gasteiger partial charge in [0.15, 0.2) is 5.75 Å². The molecule has 2 aromatic carbocycles. The second-order valence-corrected chi connectivity index (χ2v) is 7.15. The van der Waals surface area contributed by atoms with Gasteiger partial charge in [0.25, 0.3) is 0 Å². The number of anilines is 2. The number of halogens is 1. The van der Waals surface area contributed by atoms with Gasteiger partial charge >= 0.3 is 0 Å². The Morgan fingerprint density at radius 2 is 1.88 bits per heavy atom. The largest absolute Gasteiger partial charge is 0.455 e. The van der Waals surface area contributed by atoms with E-state index in [2.05, 4.69) is 28.3 Å². The van der Waals surface area contributed by atoms with Gasteiger partial charge in [-0.1, -0.05) is 29.8 Å². The predicted octanol–water partition coefficient (Wildman–Crippen LogP) is 6.19. The molecule has 2 aromatic heterocycles. The molecule has 4 rings (SSSR count). The van der Waals surface area contributed by atoms with Gasteiger partial charge in [-0.25, -0.2) is 9.97 Å². The van der Waals surface area contributed by atoms with Crippen molar-refractivity contribution in [2.75, 3.05) is 5.32 Å². The number of hydrogen-bond donors (Lipinski definition) is 1. The lowest BCUT2D eigenvalue weighted by molar-refractivity contribution is 0.485. The van der Waals surface area contributed by atoms with E-state index < -0.39 is 0 Å². The van der Waals surface area contributed by atoms with Crippen molar-refractivity contribution in [3.63, 3.8) is 0 Å². The van der Waals surface area contributed by atoms with Crippen molar-refractivity contribution in [3.05, 3.63) is 70.8 Å². The molecule has 25 heavy (non-hydrogen) atoms. The monoisotopic (exact) mass is 367 g/mol. The first-order valence-electron chi connectivity index (χ1n) is 7.70. The predicted molar refractivity (Wildman–Crippen MR) is 103 cm³/mol. The quantitative estimate of drug-likeness (QED) is 0.467. The minimum atomic E-state index is 0.620. The lowest BCUT2D eigenvalue weighted by atomic mass is 10.2. The zero-order valence-corrected chi connectivity index (χ0v) is 14.9. The molecule has 1 N–H and O–H groups in total. The minimum absolute atomic E-state index is 0.620. The van der Waals surface area contributed by atoms with Crippen molar-refractivity contribution in [2.24, 2.45) is 0 Å². The highest BCUT2D eigenvalue weighted by atomic mass is 35.5. The van der Waals surface area contributed by atoms with E-state index in [4.69, 9.17) is 16.3 Å². The number of nitrogens with zero attached hydrogens (tertiary/aromatic N) is 2. The van der Waals surface area contributed by atoms with Crippen LogP contribution in [0.2, 0.25) is 5.02 Å². The smallest absolute Gasteiger partial charge is 0.151 e. The third-order valence-corrected chi connectivity index (χ3v) is 4.81. The fourth-order valence-electron chi connectivity index (χ4n) is 2.51. The van der Waals surface area contributed by atoms with E-state index in [0.717, 1.165) is 27.5 Å². The van der Waals surface area contributed by atoms with E-state index in [0.29, 0.717) is 10.8 Å². The SMILES string of the molecule is Cc1cc2c(Nc3cc(Cl)ccc3Oc3ccccc3)ncnc2s1. The molecule has 0 aliphatic rings. The second kappa shape index (κ2) is 6.70. The molecular formula is C19H14ClN3OS. The molecule has 0 atom stereocenters. The van der Waals surface area contributed by atoms with Crippen LogP contribution in [-0.4, -0.2) is 9.97 Å². The summed E-state index contributed by atoms with van der Waals surface area (Å²) in [7, 11) is 0. The van der Waals surface area contributed by atoms with Gasteiger partial charge in [0.2, 0.25) is 0 Å². The zero-order valence-electron chi connectivity index (χ0n) is 13.4. The van der Waals surface area contributed by atoms with Crippen molar-refractivity contribution in [3.8, 4) is 11.5 Å². The molecule has 0 aliphatic heterocycles. The Hall–Kier alpha value is -2.63. The van der Waals surface area contributed by atoms with Crippen LogP contribution in [0.5, 0.6) is 11.5 Å². The number of ether oxygens (including phenoxy) is 1. The zero-order chi connectivity index (χ0) is 17.2. The Bertz CT molecular complexity index is 1030. The summed E-state index contributed by atoms with van der Waals surface area (Å²) in [5, 5.41) is 4.94. The highest BCUT2D eigenvalue weighted by molar-refractivity contribution is 7.18. The lowest BCUT2D eigenvalue weighted by Gasteiger charge is -2.13. The second-order valence-electron chi connectivity index (χ2n) is 5.48. The summed E-state index contributed by atoms with van der Waals surface area (Å²) in [5.74, 6) is 2.16. The number of aryl methyl sites for hydroxylation is 1. The maximum absolute atomic E-state index is 6.18. The number of hydrogen-bond acceptors (Lipinski definition) is 5. The molecule has 0 saturated carbocycles. The van der Waals surface area contributed by atoms with Crippen LogP contribution in [0, 0.1) is 6.92 Å². The van der Waals surface area contributed by atoms with Crippen LogP contribution in [0.1, 0.15) is 4.88 Å². The molecule has 0 amide bonds. The van der Waals surface area contributed by atoms with Gasteiger partial charge < -0.3 is 10.1 Å². The maximum atomic E-state index is 6.18. The molecule has 0 aliphatic carbocycles. The van der Waals surface area contributed by atoms with Gasteiger partial charge in [-0.05, 0) is 43.3 Å². The van der Waals surface area contributed by atoms with Gasteiger partial charge in [0, 0.05) is 9.90 Å². The average molecular weight is 368 g/mol. The number of para-hydroxylation sites is 1. The third kappa shape index (κ3) is 3.43. The first-order valence-corrected chi connectivity index (χ1v) is 8.89. The molecule has 0 spiro atoms. The molecule has 4 nitrogen and oxygen atoms in total. The fourth-order valence-corrected chi connectivity index (χ4v) is 3.53. The van der Waals surface area contributed by atoms with Crippen molar-refractivity contribution < 1.29 is 4.74 Å². The van der Waals surface area contributed by atoms with E-state index in [-0.39, 0.29) is 0 Å². The van der Waals surface area contributed by atoms with Crippen molar-refractivity contribution >= 4 is 44.7 Å². The Labute approximate surface area is 154 Å². The number of fused-ring (bicyclic) bond motifs is 1. The average Bonchev–Trinajstić information content (AvgIpc) is 3.00. The number of nitrogens with one attached hydrogen (secondary N) is 1. The van der Waals surface area contributed by atoms with Crippen molar-refractivity contribution in [2.45, 2.75) is 6.92 Å². The number of rotatable bonds is 4. The summed E-state index contributed by atoms with van der Waals surface area (Å²) < 4.78 is 5.99. The standard InChI is InChI=1S/C19H14ClN3OS/c1-12-9-15-18(21-11-22-19(15)25-12)23-16-10-13(20)7-8-17(16)24-14-5-3-2-4-6-14/h2-11H,1H3,(H,21,22,23). The molecule has 4 aromatic rings. The van der Waals surface area contributed by atoms with Gasteiger partial charge in [-0.15, -0.1) is 11.3 Å². The molecule has 124 valence electrons. The summed E-state index contributed by atoms with van der Waals surface area (Å²) in [4.78, 5) is 10.8. The van der Waals surface area contributed by atoms with Crippen LogP contribution in [0.4, 0.5) is 11.5 Å². The van der Waals surface area contributed by atoms with E-state index in [1.165, 1.54) is 4.88 Å². The Kier molecular flexibility index (Phi) is 4.26. The number of aromatic nitrogens is 2. The van der Waals surface area contributed by atoms with Crippen LogP contribution in [0.25, 0.3) is 10.2 Å². The van der Waals surface area contributed by atoms with E-state index in [9.17, 15) is 0 Å². The molecular weight excluding hydrogens is 354 g/mol. The van der Waals surface area contributed by atoms with Crippen molar-refractivity contribution in [1.82, 2.24) is 9.97 Å². The topological polar surface area (TPSA) is 47.0 Å². The van der Waals surface area contributed by atoms with Crippen molar-refractivity contribution in [1.29, 1.82) is 0 Å². The van der Waals surface area contributed by atoms with Gasteiger partial charge in [0.1, 0.15) is 22.7 Å². The molecule has 2 heterocycles. The molecule has 6 heteroatoms. The summed E-state index contributed by atoms with van der Waals surface area (Å²) >= 11 is 7.82. The lowest BCUT2D eigenvalue weighted by Crippen LogP contribution is -1.97. The van der Waals surface area contributed by atoms with Gasteiger partial charge in [0.05, 0.1) is 11.1 Å². The highest BCUT2D eigenvalue weighted by Crippen LogP contribution is 2.36. The Balaban J connectivity index is 1.73. The normalized spacial score (nSPS) is 10.8. The molecule has 0 unspecified atom stereocenters. The molecule has 0 saturated heterocycles. The van der Waals surface area contributed by atoms with Gasteiger partial charge in [-0.3, -0.25) is 0 Å². The van der Waals surface area contributed by atoms with Crippen LogP contribution < -0.4 is 10.1 Å². The fraction of sp³-hybridized carbons (Fsp3) is 0.0526. The van der Waals surface area contributed by atoms with E-state index in [1.807, 2.05) is 42.5 Å². The van der Waals surface area contributed by atoms with E-state index >= 15 is 0 Å². The Morgan fingerprint density at radius 1 is 1.04 bits per heavy atom. The van der Waals surface area contributed by atoms with Gasteiger partial charge in [-0.2, -0.15) is 0 Å². The van der Waals surface area contributed by atoms with Crippen LogP contribution in [0.15, 0.2) is 60.9 Å². The van der Waals surface area contributed by atoms with Crippen LogP contribution in [-0.2, 0) is 0 Å². The summed E-state index contributed by atoms with van der Waals surface area (Å²) in [6, 6.07) is 17.2. The summed E-state index contributed by atoms with van der Waals surface area (Å²) in [5.41, 5.74) is 0.750. The minimum Gasteiger partial charge on any atom is -0.455 e. The number of benzene rings is 2. The molecule has 0 fully saturated rings. The highest BCUT2D eigenvalue weighted by Gasteiger charge is 2.11. The first kappa shape index (κ1) is 15.9. The summed E-state index contributed by atoms with van der Waals surface area (Å²) in [6.07, 6.45) is 1.56. The Morgan fingerprint density at radius 3 is 2.72 bits per heavy atom. The molecule has 0 radical (unpaired) electrons. The van der Waals surface area contributed by atoms with E-state index in [1.54, 1.807) is 23.7 Å². The molecule has 0 bridgehead atoms. The maximum Gasteiger partial charge on any atom is 0.151 e. The van der Waals surface area contributed by atoms with Crippen LogP contribution in [0.3, 0.4) is 0 Å². The first-order chi connectivity index (χ1) is 12.2.